The summed E-state index contributed by atoms with van der Waals surface area (Å²) in [5.74, 6) is -0.503. The molecule has 0 unspecified atom stereocenters. The van der Waals surface area contributed by atoms with Gasteiger partial charge in [-0.25, -0.2) is 8.42 Å². The lowest BCUT2D eigenvalue weighted by Gasteiger charge is -2.22. The van der Waals surface area contributed by atoms with Gasteiger partial charge in [0.05, 0.1) is 12.8 Å². The highest BCUT2D eigenvalue weighted by Gasteiger charge is 2.27. The van der Waals surface area contributed by atoms with Crippen molar-refractivity contribution in [1.29, 1.82) is 0 Å². The molecule has 20 heavy (non-hydrogen) atoms. The van der Waals surface area contributed by atoms with Crippen molar-refractivity contribution in [2.75, 3.05) is 36.8 Å². The topological polar surface area (TPSA) is 102 Å². The van der Waals surface area contributed by atoms with Crippen LogP contribution in [-0.4, -0.2) is 60.3 Å². The zero-order valence-electron chi connectivity index (χ0n) is 11.2. The number of hydrogen-bond donors (Lipinski definition) is 0. The second-order valence-electron chi connectivity index (χ2n) is 4.69. The van der Waals surface area contributed by atoms with E-state index in [0.29, 0.717) is 6.54 Å². The molecule has 0 N–H and O–H groups in total. The lowest BCUT2D eigenvalue weighted by Crippen LogP contribution is -2.44. The number of aromatic nitrogens is 2. The molecule has 0 atom stereocenters. The minimum atomic E-state index is -3.61. The fraction of sp³-hybridized carbons (Fsp3) is 0.700. The van der Waals surface area contributed by atoms with Gasteiger partial charge in [-0.05, 0) is 30.9 Å². The van der Waals surface area contributed by atoms with Crippen LogP contribution in [-0.2, 0) is 10.0 Å². The maximum Gasteiger partial charge on any atom is 0.457 e. The number of nitro groups is 1. The van der Waals surface area contributed by atoms with Gasteiger partial charge in [0.25, 0.3) is 10.0 Å². The number of sulfonamides is 1. The normalized spacial score (nSPS) is 16.4. The van der Waals surface area contributed by atoms with Gasteiger partial charge in [-0.1, -0.05) is 4.98 Å². The highest BCUT2D eigenvalue weighted by Crippen LogP contribution is 2.12. The molecule has 0 saturated carbocycles. The Hall–Kier alpha value is -1.68. The lowest BCUT2D eigenvalue weighted by atomic mass is 10.4. The average molecular weight is 303 g/mol. The Morgan fingerprint density at radius 3 is 2.65 bits per heavy atom. The summed E-state index contributed by atoms with van der Waals surface area (Å²) in [6, 6.07) is 0. The van der Waals surface area contributed by atoms with Crippen molar-refractivity contribution in [3.8, 4) is 0 Å². The van der Waals surface area contributed by atoms with Crippen molar-refractivity contribution in [1.82, 2.24) is 14.6 Å². The van der Waals surface area contributed by atoms with Gasteiger partial charge in [-0.2, -0.15) is 4.41 Å². The van der Waals surface area contributed by atoms with Crippen LogP contribution in [0.2, 0.25) is 0 Å². The summed E-state index contributed by atoms with van der Waals surface area (Å²) in [4.78, 5) is 15.9. The fourth-order valence-electron chi connectivity index (χ4n) is 2.26. The number of hydrogen-bond acceptors (Lipinski definition) is 6. The number of rotatable bonds is 6. The largest absolute Gasteiger partial charge is 0.457 e. The maximum atomic E-state index is 11.8. The van der Waals surface area contributed by atoms with Gasteiger partial charge in [0.15, 0.2) is 0 Å². The SMILES string of the molecule is CS(=O)(=O)N(CCN1CCCC1)n1ccnc1[N+](=O)[O-]. The molecule has 0 aromatic carbocycles. The molecule has 9 nitrogen and oxygen atoms in total. The van der Waals surface area contributed by atoms with Crippen LogP contribution >= 0.6 is 0 Å². The van der Waals surface area contributed by atoms with Crippen molar-refractivity contribution in [2.45, 2.75) is 12.8 Å². The van der Waals surface area contributed by atoms with Crippen LogP contribution in [0.5, 0.6) is 0 Å². The van der Waals surface area contributed by atoms with Crippen molar-refractivity contribution >= 4 is 16.0 Å². The quantitative estimate of drug-likeness (QED) is 0.532. The van der Waals surface area contributed by atoms with Crippen LogP contribution in [0.4, 0.5) is 5.95 Å². The van der Waals surface area contributed by atoms with Crippen LogP contribution in [0.3, 0.4) is 0 Å². The molecule has 0 amide bonds. The highest BCUT2D eigenvalue weighted by atomic mass is 32.2. The van der Waals surface area contributed by atoms with Crippen LogP contribution in [0.15, 0.2) is 12.4 Å². The molecular weight excluding hydrogens is 286 g/mol. The molecule has 2 rings (SSSR count). The average Bonchev–Trinajstić information content (AvgIpc) is 2.97. The first-order chi connectivity index (χ1) is 9.39. The Bertz CT molecular complexity index is 578. The lowest BCUT2D eigenvalue weighted by molar-refractivity contribution is -0.396. The Balaban J connectivity index is 2.19. The van der Waals surface area contributed by atoms with Gasteiger partial charge < -0.3 is 15.0 Å². The summed E-state index contributed by atoms with van der Waals surface area (Å²) >= 11 is 0. The fourth-order valence-corrected chi connectivity index (χ4v) is 3.12. The van der Waals surface area contributed by atoms with E-state index in [9.17, 15) is 18.5 Å². The second kappa shape index (κ2) is 5.75. The minimum absolute atomic E-state index is 0.163. The third-order valence-corrected chi connectivity index (χ3v) is 4.32. The Kier molecular flexibility index (Phi) is 4.23. The maximum absolute atomic E-state index is 11.8. The number of nitrogens with zero attached hydrogens (tertiary/aromatic N) is 5. The molecule has 1 aliphatic rings. The minimum Gasteiger partial charge on any atom is -0.390 e. The predicted octanol–water partition coefficient (Wildman–Crippen LogP) is -0.215. The first-order valence-corrected chi connectivity index (χ1v) is 8.12. The zero-order chi connectivity index (χ0) is 14.8. The number of imidazole rings is 1. The van der Waals surface area contributed by atoms with Crippen LogP contribution in [0, 0.1) is 10.1 Å². The predicted molar refractivity (Wildman–Crippen MR) is 72.5 cm³/mol. The standard InChI is InChI=1S/C10H17N5O4S/c1-20(18,19)14(9-8-12-5-2-3-6-12)13-7-4-11-10(13)15(16)17/h4,7H,2-3,5-6,8-9H2,1H3. The van der Waals surface area contributed by atoms with E-state index >= 15 is 0 Å². The Morgan fingerprint density at radius 1 is 1.45 bits per heavy atom. The van der Waals surface area contributed by atoms with Gasteiger partial charge in [0.1, 0.15) is 12.4 Å². The van der Waals surface area contributed by atoms with E-state index in [2.05, 4.69) is 9.88 Å². The van der Waals surface area contributed by atoms with Crippen molar-refractivity contribution in [3.05, 3.63) is 22.5 Å². The Morgan fingerprint density at radius 2 is 2.10 bits per heavy atom. The molecule has 0 radical (unpaired) electrons. The van der Waals surface area contributed by atoms with E-state index in [0.717, 1.165) is 41.3 Å². The molecule has 0 bridgehead atoms. The van der Waals surface area contributed by atoms with Gasteiger partial charge in [-0.3, -0.25) is 0 Å². The highest BCUT2D eigenvalue weighted by molar-refractivity contribution is 7.91. The molecule has 1 fully saturated rings. The summed E-state index contributed by atoms with van der Waals surface area (Å²) in [6.07, 6.45) is 5.73. The second-order valence-corrected chi connectivity index (χ2v) is 6.57. The van der Waals surface area contributed by atoms with Crippen LogP contribution in [0.25, 0.3) is 0 Å². The summed E-state index contributed by atoms with van der Waals surface area (Å²) in [6.45, 7) is 2.58. The molecule has 112 valence electrons. The van der Waals surface area contributed by atoms with Gasteiger partial charge in [0, 0.05) is 6.54 Å². The van der Waals surface area contributed by atoms with Crippen LogP contribution < -0.4 is 4.41 Å². The summed E-state index contributed by atoms with van der Waals surface area (Å²) in [5, 5.41) is 10.9. The van der Waals surface area contributed by atoms with E-state index in [4.69, 9.17) is 0 Å². The molecule has 10 heteroatoms. The van der Waals surface area contributed by atoms with Gasteiger partial charge in [0.2, 0.25) is 0 Å². The first kappa shape index (κ1) is 14.7. The number of likely N-dealkylation sites (tertiary alicyclic amines) is 1. The van der Waals surface area contributed by atoms with Gasteiger partial charge in [-0.15, -0.1) is 4.68 Å². The monoisotopic (exact) mass is 303 g/mol. The molecule has 1 aromatic heterocycles. The van der Waals surface area contributed by atoms with E-state index in [1.165, 1.54) is 12.4 Å². The third-order valence-electron chi connectivity index (χ3n) is 3.20. The Labute approximate surface area is 117 Å². The summed E-state index contributed by atoms with van der Waals surface area (Å²) in [7, 11) is -3.61. The van der Waals surface area contributed by atoms with E-state index < -0.39 is 20.9 Å². The molecular formula is C10H17N5O4S. The van der Waals surface area contributed by atoms with E-state index in [1.807, 2.05) is 0 Å². The molecule has 1 saturated heterocycles. The zero-order valence-corrected chi connectivity index (χ0v) is 12.0. The molecule has 0 aliphatic carbocycles. The summed E-state index contributed by atoms with van der Waals surface area (Å²) < 4.78 is 25.7. The smallest absolute Gasteiger partial charge is 0.390 e. The summed E-state index contributed by atoms with van der Waals surface area (Å²) in [5.41, 5.74) is 0. The molecule has 0 spiro atoms. The third kappa shape index (κ3) is 3.25. The first-order valence-electron chi connectivity index (χ1n) is 6.27. The van der Waals surface area contributed by atoms with Gasteiger partial charge >= 0.3 is 5.95 Å². The molecule has 1 aromatic rings. The van der Waals surface area contributed by atoms with Crippen LogP contribution in [0.1, 0.15) is 12.8 Å². The van der Waals surface area contributed by atoms with Crippen molar-refractivity contribution in [3.63, 3.8) is 0 Å². The van der Waals surface area contributed by atoms with Crippen molar-refractivity contribution < 1.29 is 13.3 Å². The van der Waals surface area contributed by atoms with E-state index in [1.54, 1.807) is 0 Å². The van der Waals surface area contributed by atoms with E-state index in [-0.39, 0.29) is 6.54 Å². The van der Waals surface area contributed by atoms with Crippen molar-refractivity contribution in [2.24, 2.45) is 0 Å². The molecule has 1 aliphatic heterocycles. The molecule has 2 heterocycles.